The molecule has 0 bridgehead atoms. The molecule has 1 atom stereocenters. The van der Waals surface area contributed by atoms with Crippen LogP contribution >= 0.6 is 0 Å². The minimum Gasteiger partial charge on any atom is -0.353 e. The van der Waals surface area contributed by atoms with Crippen molar-refractivity contribution >= 4 is 11.7 Å². The van der Waals surface area contributed by atoms with Gasteiger partial charge in [0.05, 0.1) is 0 Å². The van der Waals surface area contributed by atoms with Gasteiger partial charge in [0.15, 0.2) is 0 Å². The molecule has 148 valence electrons. The second-order valence-electron chi connectivity index (χ2n) is 7.55. The van der Waals surface area contributed by atoms with E-state index in [0.29, 0.717) is 13.1 Å². The molecule has 2 saturated heterocycles. The molecule has 5 nitrogen and oxygen atoms in total. The largest absolute Gasteiger partial charge is 0.353 e. The predicted octanol–water partition coefficient (Wildman–Crippen LogP) is 3.10. The lowest BCUT2D eigenvalue weighted by Crippen LogP contribution is -2.52. The first-order chi connectivity index (χ1) is 13.7. The molecule has 2 aliphatic heterocycles. The number of aromatic nitrogens is 1. The fourth-order valence-electron chi connectivity index (χ4n) is 4.20. The Morgan fingerprint density at radius 1 is 0.893 bits per heavy atom. The standard InChI is InChI=1S/C22H27FN4O/c23-19-9-7-18(8-10-19)21(26-12-4-1-5-13-26)22(28)27-16-14-25(15-17-27)20-6-2-3-11-24-20/h2-3,6-11,21H,1,4-5,12-17H2. The van der Waals surface area contributed by atoms with E-state index in [1.165, 1.54) is 18.6 Å². The van der Waals surface area contributed by atoms with Crippen LogP contribution in [0.25, 0.3) is 0 Å². The molecule has 0 saturated carbocycles. The maximum absolute atomic E-state index is 13.5. The number of likely N-dealkylation sites (tertiary alicyclic amines) is 1. The van der Waals surface area contributed by atoms with Gasteiger partial charge in [0.1, 0.15) is 17.7 Å². The highest BCUT2D eigenvalue weighted by Gasteiger charge is 2.33. The smallest absolute Gasteiger partial charge is 0.244 e. The molecule has 1 aromatic carbocycles. The van der Waals surface area contributed by atoms with Crippen LogP contribution in [0.1, 0.15) is 30.9 Å². The quantitative estimate of drug-likeness (QED) is 0.815. The highest BCUT2D eigenvalue weighted by atomic mass is 19.1. The van der Waals surface area contributed by atoms with Gasteiger partial charge >= 0.3 is 0 Å². The highest BCUT2D eigenvalue weighted by molar-refractivity contribution is 5.83. The highest BCUT2D eigenvalue weighted by Crippen LogP contribution is 2.28. The summed E-state index contributed by atoms with van der Waals surface area (Å²) >= 11 is 0. The molecule has 0 radical (unpaired) electrons. The number of piperidine rings is 1. The van der Waals surface area contributed by atoms with Crippen molar-refractivity contribution in [1.29, 1.82) is 0 Å². The summed E-state index contributed by atoms with van der Waals surface area (Å²) in [6, 6.07) is 12.0. The summed E-state index contributed by atoms with van der Waals surface area (Å²) in [5, 5.41) is 0. The minimum atomic E-state index is -0.317. The molecule has 1 amide bonds. The summed E-state index contributed by atoms with van der Waals surface area (Å²) in [5.74, 6) is 0.826. The van der Waals surface area contributed by atoms with Crippen LogP contribution in [0.4, 0.5) is 10.2 Å². The zero-order chi connectivity index (χ0) is 19.3. The Hall–Kier alpha value is -2.47. The summed E-state index contributed by atoms with van der Waals surface area (Å²) in [6.45, 7) is 4.75. The third-order valence-electron chi connectivity index (χ3n) is 5.74. The lowest BCUT2D eigenvalue weighted by molar-refractivity contribution is -0.138. The second-order valence-corrected chi connectivity index (χ2v) is 7.55. The van der Waals surface area contributed by atoms with Crippen LogP contribution in [0, 0.1) is 5.82 Å². The van der Waals surface area contributed by atoms with Crippen molar-refractivity contribution in [2.75, 3.05) is 44.2 Å². The lowest BCUT2D eigenvalue weighted by atomic mass is 10.00. The van der Waals surface area contributed by atoms with Gasteiger partial charge in [-0.3, -0.25) is 9.69 Å². The normalized spacial score (nSPS) is 19.5. The van der Waals surface area contributed by atoms with Crippen molar-refractivity contribution in [2.24, 2.45) is 0 Å². The van der Waals surface area contributed by atoms with Gasteiger partial charge in [0.25, 0.3) is 0 Å². The maximum atomic E-state index is 13.5. The van der Waals surface area contributed by atoms with Gasteiger partial charge in [-0.25, -0.2) is 9.37 Å². The third kappa shape index (κ3) is 4.17. The molecular formula is C22H27FN4O. The van der Waals surface area contributed by atoms with Crippen LogP contribution in [-0.4, -0.2) is 60.0 Å². The van der Waals surface area contributed by atoms with Gasteiger partial charge in [0, 0.05) is 32.4 Å². The average Bonchev–Trinajstić information content (AvgIpc) is 2.77. The Kier molecular flexibility index (Phi) is 5.86. The van der Waals surface area contributed by atoms with Crippen molar-refractivity contribution in [2.45, 2.75) is 25.3 Å². The summed E-state index contributed by atoms with van der Waals surface area (Å²) < 4.78 is 13.4. The SMILES string of the molecule is O=C(C(c1ccc(F)cc1)N1CCCCC1)N1CCN(c2ccccn2)CC1. The number of nitrogens with zero attached hydrogens (tertiary/aromatic N) is 4. The zero-order valence-electron chi connectivity index (χ0n) is 16.1. The molecular weight excluding hydrogens is 355 g/mol. The first-order valence-corrected chi connectivity index (χ1v) is 10.2. The molecule has 2 aliphatic rings. The Bertz CT molecular complexity index is 769. The number of amides is 1. The number of carbonyl (C=O) groups excluding carboxylic acids is 1. The van der Waals surface area contributed by atoms with Crippen LogP contribution in [-0.2, 0) is 4.79 Å². The molecule has 1 aromatic heterocycles. The van der Waals surface area contributed by atoms with Crippen LogP contribution in [0.15, 0.2) is 48.7 Å². The van der Waals surface area contributed by atoms with E-state index in [1.54, 1.807) is 18.3 Å². The molecule has 2 fully saturated rings. The number of hydrogen-bond acceptors (Lipinski definition) is 4. The number of hydrogen-bond donors (Lipinski definition) is 0. The minimum absolute atomic E-state index is 0.133. The number of halogens is 1. The van der Waals surface area contributed by atoms with Crippen molar-refractivity contribution in [3.8, 4) is 0 Å². The van der Waals surface area contributed by atoms with Crippen molar-refractivity contribution in [3.63, 3.8) is 0 Å². The third-order valence-corrected chi connectivity index (χ3v) is 5.74. The van der Waals surface area contributed by atoms with Crippen LogP contribution in [0.3, 0.4) is 0 Å². The fourth-order valence-corrected chi connectivity index (χ4v) is 4.20. The number of benzene rings is 1. The first-order valence-electron chi connectivity index (χ1n) is 10.2. The Balaban J connectivity index is 1.48. The van der Waals surface area contributed by atoms with Gasteiger partial charge in [-0.05, 0) is 55.8 Å². The van der Waals surface area contributed by atoms with Gasteiger partial charge < -0.3 is 9.80 Å². The molecule has 3 heterocycles. The number of anilines is 1. The Labute approximate surface area is 165 Å². The molecule has 0 N–H and O–H groups in total. The van der Waals surface area contributed by atoms with Gasteiger partial charge in [-0.2, -0.15) is 0 Å². The summed E-state index contributed by atoms with van der Waals surface area (Å²) in [4.78, 5) is 24.3. The maximum Gasteiger partial charge on any atom is 0.244 e. The first kappa shape index (κ1) is 18.9. The van der Waals surface area contributed by atoms with Crippen molar-refractivity contribution < 1.29 is 9.18 Å². The summed E-state index contributed by atoms with van der Waals surface area (Å²) in [7, 11) is 0. The topological polar surface area (TPSA) is 39.7 Å². The lowest BCUT2D eigenvalue weighted by Gasteiger charge is -2.40. The van der Waals surface area contributed by atoms with E-state index in [-0.39, 0.29) is 17.8 Å². The van der Waals surface area contributed by atoms with Gasteiger partial charge in [-0.1, -0.05) is 24.6 Å². The molecule has 1 unspecified atom stereocenters. The average molecular weight is 382 g/mol. The molecule has 2 aromatic rings. The van der Waals surface area contributed by atoms with E-state index >= 15 is 0 Å². The van der Waals surface area contributed by atoms with E-state index in [0.717, 1.165) is 50.4 Å². The Morgan fingerprint density at radius 2 is 1.61 bits per heavy atom. The van der Waals surface area contributed by atoms with Gasteiger partial charge in [-0.15, -0.1) is 0 Å². The van der Waals surface area contributed by atoms with Crippen LogP contribution in [0.5, 0.6) is 0 Å². The number of rotatable bonds is 4. The number of pyridine rings is 1. The van der Waals surface area contributed by atoms with Gasteiger partial charge in [0.2, 0.25) is 5.91 Å². The molecule has 0 aliphatic carbocycles. The van der Waals surface area contributed by atoms with E-state index in [4.69, 9.17) is 0 Å². The van der Waals surface area contributed by atoms with Crippen molar-refractivity contribution in [3.05, 3.63) is 60.0 Å². The van der Waals surface area contributed by atoms with E-state index < -0.39 is 0 Å². The van der Waals surface area contributed by atoms with Crippen LogP contribution in [0.2, 0.25) is 0 Å². The molecule has 4 rings (SSSR count). The van der Waals surface area contributed by atoms with E-state index in [9.17, 15) is 9.18 Å². The van der Waals surface area contributed by atoms with Crippen molar-refractivity contribution in [1.82, 2.24) is 14.8 Å². The fraction of sp³-hybridized carbons (Fsp3) is 0.455. The summed E-state index contributed by atoms with van der Waals surface area (Å²) in [6.07, 6.45) is 5.23. The number of carbonyl (C=O) groups is 1. The number of piperazine rings is 1. The van der Waals surface area contributed by atoms with E-state index in [1.807, 2.05) is 23.1 Å². The molecule has 6 heteroatoms. The predicted molar refractivity (Wildman–Crippen MR) is 108 cm³/mol. The monoisotopic (exact) mass is 382 g/mol. The van der Waals surface area contributed by atoms with E-state index in [2.05, 4.69) is 14.8 Å². The van der Waals surface area contributed by atoms with Crippen LogP contribution < -0.4 is 4.90 Å². The molecule has 0 spiro atoms. The molecule has 28 heavy (non-hydrogen) atoms. The summed E-state index contributed by atoms with van der Waals surface area (Å²) in [5.41, 5.74) is 0.889. The second kappa shape index (κ2) is 8.69. The zero-order valence-corrected chi connectivity index (χ0v) is 16.1. The Morgan fingerprint density at radius 3 is 2.25 bits per heavy atom.